The number of amides is 2. The number of likely N-dealkylation sites (N-methyl/N-ethyl adjacent to an activating group) is 1. The van der Waals surface area contributed by atoms with Crippen LogP contribution in [-0.2, 0) is 31.4 Å². The molecule has 32 heavy (non-hydrogen) atoms. The molecule has 2 amide bonds. The highest BCUT2D eigenvalue weighted by molar-refractivity contribution is 7.89. The Morgan fingerprint density at radius 3 is 2.44 bits per heavy atom. The van der Waals surface area contributed by atoms with E-state index in [1.54, 1.807) is 32.7 Å². The molecule has 1 aliphatic heterocycles. The molecule has 0 bridgehead atoms. The van der Waals surface area contributed by atoms with Crippen molar-refractivity contribution in [3.05, 3.63) is 18.0 Å². The minimum Gasteiger partial charge on any atom is -0.466 e. The van der Waals surface area contributed by atoms with Crippen LogP contribution < -0.4 is 0 Å². The molecule has 0 saturated carbocycles. The summed E-state index contributed by atoms with van der Waals surface area (Å²) in [6.45, 7) is 6.82. The van der Waals surface area contributed by atoms with Crippen molar-refractivity contribution in [3.63, 3.8) is 0 Å². The molecule has 1 aromatic heterocycles. The molecule has 2 heterocycles. The van der Waals surface area contributed by atoms with Crippen molar-refractivity contribution in [2.45, 2.75) is 38.5 Å². The van der Waals surface area contributed by atoms with Crippen molar-refractivity contribution in [1.29, 1.82) is 0 Å². The Morgan fingerprint density at radius 1 is 1.19 bits per heavy atom. The monoisotopic (exact) mass is 470 g/mol. The number of piperidine rings is 1. The van der Waals surface area contributed by atoms with E-state index >= 15 is 0 Å². The van der Waals surface area contributed by atoms with Gasteiger partial charge < -0.3 is 19.1 Å². The predicted molar refractivity (Wildman–Crippen MR) is 118 cm³/mol. The molecule has 0 N–H and O–H groups in total. The van der Waals surface area contributed by atoms with Gasteiger partial charge in [0.25, 0.3) is 5.91 Å². The molecule has 11 heteroatoms. The molecule has 0 aromatic carbocycles. The average molecular weight is 471 g/mol. The van der Waals surface area contributed by atoms with E-state index < -0.39 is 15.9 Å². The van der Waals surface area contributed by atoms with Crippen LogP contribution in [0.3, 0.4) is 0 Å². The molecule has 1 atom stereocenters. The zero-order valence-electron chi connectivity index (χ0n) is 19.5. The smallest absolute Gasteiger partial charge is 0.310 e. The van der Waals surface area contributed by atoms with Crippen LogP contribution in [0.4, 0.5) is 0 Å². The first-order valence-corrected chi connectivity index (χ1v) is 12.4. The number of hydrogen-bond acceptors (Lipinski definition) is 6. The zero-order chi connectivity index (χ0) is 24.1. The number of hydrogen-bond donors (Lipinski definition) is 0. The van der Waals surface area contributed by atoms with E-state index in [2.05, 4.69) is 0 Å². The maximum atomic E-state index is 12.9. The lowest BCUT2D eigenvalue weighted by atomic mass is 9.98. The van der Waals surface area contributed by atoms with Gasteiger partial charge in [0.05, 0.1) is 19.1 Å². The quantitative estimate of drug-likeness (QED) is 0.497. The number of rotatable bonds is 9. The lowest BCUT2D eigenvalue weighted by Crippen LogP contribution is -2.47. The van der Waals surface area contributed by atoms with Gasteiger partial charge in [-0.25, -0.2) is 8.42 Å². The molecule has 1 aliphatic rings. The second kappa shape index (κ2) is 11.0. The second-order valence-corrected chi connectivity index (χ2v) is 9.79. The number of ether oxygens (including phenoxy) is 1. The fraction of sp³-hybridized carbons (Fsp3) is 0.667. The second-order valence-electron chi connectivity index (χ2n) is 7.85. The lowest BCUT2D eigenvalue weighted by molar-refractivity contribution is -0.151. The van der Waals surface area contributed by atoms with E-state index in [0.717, 1.165) is 0 Å². The largest absolute Gasteiger partial charge is 0.466 e. The van der Waals surface area contributed by atoms with Crippen LogP contribution in [-0.4, -0.2) is 91.3 Å². The van der Waals surface area contributed by atoms with E-state index in [0.29, 0.717) is 39.1 Å². The Hall–Kier alpha value is -2.40. The summed E-state index contributed by atoms with van der Waals surface area (Å²) >= 11 is 0. The number of likely N-dealkylation sites (tertiary alicyclic amines) is 1. The zero-order valence-corrected chi connectivity index (χ0v) is 20.4. The van der Waals surface area contributed by atoms with Crippen molar-refractivity contribution in [1.82, 2.24) is 18.7 Å². The van der Waals surface area contributed by atoms with Crippen molar-refractivity contribution < 1.29 is 27.5 Å². The molecule has 2 rings (SSSR count). The summed E-state index contributed by atoms with van der Waals surface area (Å²) in [6, 6.07) is 1.34. The minimum atomic E-state index is -3.70. The molecule has 0 radical (unpaired) electrons. The molecule has 1 fully saturated rings. The third kappa shape index (κ3) is 5.69. The van der Waals surface area contributed by atoms with E-state index in [1.165, 1.54) is 33.1 Å². The fourth-order valence-electron chi connectivity index (χ4n) is 3.83. The summed E-state index contributed by atoms with van der Waals surface area (Å²) in [7, 11) is -0.604. The fourth-order valence-corrected chi connectivity index (χ4v) is 5.36. The summed E-state index contributed by atoms with van der Waals surface area (Å²) in [4.78, 5) is 40.6. The van der Waals surface area contributed by atoms with Crippen LogP contribution in [0.1, 0.15) is 44.1 Å². The highest BCUT2D eigenvalue weighted by Gasteiger charge is 2.31. The highest BCUT2D eigenvalue weighted by atomic mass is 32.2. The van der Waals surface area contributed by atoms with Crippen molar-refractivity contribution >= 4 is 27.8 Å². The highest BCUT2D eigenvalue weighted by Crippen LogP contribution is 2.20. The number of carbonyl (C=O) groups is 3. The van der Waals surface area contributed by atoms with Gasteiger partial charge in [0.2, 0.25) is 15.9 Å². The van der Waals surface area contributed by atoms with Crippen LogP contribution in [0, 0.1) is 5.92 Å². The van der Waals surface area contributed by atoms with Crippen molar-refractivity contribution in [2.75, 3.05) is 46.4 Å². The summed E-state index contributed by atoms with van der Waals surface area (Å²) in [5.41, 5.74) is 0.175. The van der Waals surface area contributed by atoms with Gasteiger partial charge in [0, 0.05) is 46.5 Å². The van der Waals surface area contributed by atoms with Crippen LogP contribution in [0.25, 0.3) is 0 Å². The maximum absolute atomic E-state index is 12.9. The van der Waals surface area contributed by atoms with Gasteiger partial charge in [-0.1, -0.05) is 13.8 Å². The summed E-state index contributed by atoms with van der Waals surface area (Å²) < 4.78 is 33.4. The Labute approximate surface area is 190 Å². The van der Waals surface area contributed by atoms with Gasteiger partial charge in [0.1, 0.15) is 10.6 Å². The normalized spacial score (nSPS) is 16.8. The predicted octanol–water partition coefficient (Wildman–Crippen LogP) is 0.929. The molecule has 1 saturated heterocycles. The van der Waals surface area contributed by atoms with E-state index in [-0.39, 0.29) is 41.5 Å². The average Bonchev–Trinajstić information content (AvgIpc) is 3.16. The number of aromatic nitrogens is 1. The van der Waals surface area contributed by atoms with Gasteiger partial charge in [0.15, 0.2) is 0 Å². The van der Waals surface area contributed by atoms with Gasteiger partial charge in [-0.15, -0.1) is 0 Å². The molecule has 0 aliphatic carbocycles. The van der Waals surface area contributed by atoms with E-state index in [4.69, 9.17) is 4.74 Å². The Kier molecular flexibility index (Phi) is 8.85. The summed E-state index contributed by atoms with van der Waals surface area (Å²) in [6.07, 6.45) is 2.77. The number of nitrogens with zero attached hydrogens (tertiary/aromatic N) is 4. The molecule has 180 valence electrons. The molecule has 1 unspecified atom stereocenters. The van der Waals surface area contributed by atoms with Crippen LogP contribution >= 0.6 is 0 Å². The number of carbonyl (C=O) groups excluding carboxylic acids is 3. The molecule has 0 spiro atoms. The topological polar surface area (TPSA) is 109 Å². The molecular weight excluding hydrogens is 436 g/mol. The molecule has 1 aromatic rings. The van der Waals surface area contributed by atoms with Crippen LogP contribution in [0.5, 0.6) is 0 Å². The standard InChI is InChI=1S/C21H34N4O6S/c1-6-25(7-2)32(29,30)17-12-18(22(4)14-17)20(27)23(5)15-19(26)24-11-9-10-16(13-24)21(28)31-8-3/h12,14,16H,6-11,13,15H2,1-5H3. The first kappa shape index (κ1) is 25.9. The maximum Gasteiger partial charge on any atom is 0.310 e. The van der Waals surface area contributed by atoms with Crippen LogP contribution in [0.15, 0.2) is 17.2 Å². The number of sulfonamides is 1. The Bertz CT molecular complexity index is 938. The molecule has 10 nitrogen and oxygen atoms in total. The van der Waals surface area contributed by atoms with E-state index in [1.807, 2.05) is 0 Å². The van der Waals surface area contributed by atoms with Crippen LogP contribution in [0.2, 0.25) is 0 Å². The lowest BCUT2D eigenvalue weighted by Gasteiger charge is -2.32. The Balaban J connectivity index is 2.09. The third-order valence-corrected chi connectivity index (χ3v) is 7.67. The number of esters is 1. The van der Waals surface area contributed by atoms with E-state index in [9.17, 15) is 22.8 Å². The summed E-state index contributed by atoms with van der Waals surface area (Å²) in [5.74, 6) is -1.38. The van der Waals surface area contributed by atoms with Gasteiger partial charge in [-0.2, -0.15) is 4.31 Å². The first-order valence-electron chi connectivity index (χ1n) is 10.9. The van der Waals surface area contributed by atoms with Crippen molar-refractivity contribution in [3.8, 4) is 0 Å². The number of aryl methyl sites for hydroxylation is 1. The minimum absolute atomic E-state index is 0.0417. The third-order valence-electron chi connectivity index (χ3n) is 5.66. The summed E-state index contributed by atoms with van der Waals surface area (Å²) in [5, 5.41) is 0. The SMILES string of the molecule is CCOC(=O)C1CCCN(C(=O)CN(C)C(=O)c2cc(S(=O)(=O)N(CC)CC)cn2C)C1. The Morgan fingerprint density at radius 2 is 1.84 bits per heavy atom. The van der Waals surface area contributed by atoms with Crippen molar-refractivity contribution in [2.24, 2.45) is 13.0 Å². The molecular formula is C21H34N4O6S. The van der Waals surface area contributed by atoms with Gasteiger partial charge in [-0.3, -0.25) is 14.4 Å². The van der Waals surface area contributed by atoms with Gasteiger partial charge >= 0.3 is 5.97 Å². The first-order chi connectivity index (χ1) is 15.1. The van der Waals surface area contributed by atoms with Gasteiger partial charge in [-0.05, 0) is 25.8 Å².